The van der Waals surface area contributed by atoms with Gasteiger partial charge in [0.05, 0.1) is 12.5 Å². The summed E-state index contributed by atoms with van der Waals surface area (Å²) in [5.41, 5.74) is 3.59. The Balaban J connectivity index is 1.96. The minimum absolute atomic E-state index is 0.0439. The summed E-state index contributed by atoms with van der Waals surface area (Å²) >= 11 is 1.73. The molecule has 22 heavy (non-hydrogen) atoms. The van der Waals surface area contributed by atoms with Crippen molar-refractivity contribution in [1.82, 2.24) is 4.90 Å². The molecular weight excluding hydrogens is 298 g/mol. The lowest BCUT2D eigenvalue weighted by Gasteiger charge is -2.34. The summed E-state index contributed by atoms with van der Waals surface area (Å²) in [7, 11) is 0. The number of hydrogen-bond donors (Lipinski definition) is 1. The molecule has 2 rings (SSSR count). The number of aliphatic carboxylic acids is 1. The monoisotopic (exact) mass is 321 g/mol. The Bertz CT molecular complexity index is 539. The third kappa shape index (κ3) is 4.77. The third-order valence-electron chi connectivity index (χ3n) is 3.87. The van der Waals surface area contributed by atoms with Gasteiger partial charge in [-0.15, -0.1) is 0 Å². The summed E-state index contributed by atoms with van der Waals surface area (Å²) in [4.78, 5) is 25.2. The van der Waals surface area contributed by atoms with Crippen LogP contribution in [0, 0.1) is 13.8 Å². The topological polar surface area (TPSA) is 57.6 Å². The fourth-order valence-electron chi connectivity index (χ4n) is 2.96. The van der Waals surface area contributed by atoms with Gasteiger partial charge in [-0.25, -0.2) is 0 Å². The maximum absolute atomic E-state index is 12.5. The number of carbonyl (C=O) groups is 2. The highest BCUT2D eigenvalue weighted by Crippen LogP contribution is 2.20. The molecule has 0 aliphatic carbocycles. The van der Waals surface area contributed by atoms with E-state index in [-0.39, 0.29) is 18.4 Å². The lowest BCUT2D eigenvalue weighted by Crippen LogP contribution is -2.47. The van der Waals surface area contributed by atoms with Gasteiger partial charge in [0.25, 0.3) is 0 Å². The highest BCUT2D eigenvalue weighted by atomic mass is 32.2. The second-order valence-electron chi connectivity index (χ2n) is 5.91. The predicted octanol–water partition coefficient (Wildman–Crippen LogP) is 2.65. The van der Waals surface area contributed by atoms with Crippen LogP contribution in [-0.4, -0.2) is 46.0 Å². The first-order valence-electron chi connectivity index (χ1n) is 7.62. The van der Waals surface area contributed by atoms with E-state index < -0.39 is 5.97 Å². The van der Waals surface area contributed by atoms with Gasteiger partial charge in [0.1, 0.15) is 0 Å². The summed E-state index contributed by atoms with van der Waals surface area (Å²) in [6.07, 6.45) is 1.21. The number of carboxylic acid groups (broad SMARTS) is 1. The van der Waals surface area contributed by atoms with Gasteiger partial charge in [-0.3, -0.25) is 9.59 Å². The summed E-state index contributed by atoms with van der Waals surface area (Å²) in [5.74, 6) is 0.859. The molecule has 0 radical (unpaired) electrons. The molecule has 1 unspecified atom stereocenters. The van der Waals surface area contributed by atoms with Crippen molar-refractivity contribution in [1.29, 1.82) is 0 Å². The molecule has 1 atom stereocenters. The Morgan fingerprint density at radius 3 is 2.59 bits per heavy atom. The molecular formula is C17H23NO3S. The van der Waals surface area contributed by atoms with Crippen LogP contribution in [0.3, 0.4) is 0 Å². The Hall–Kier alpha value is -1.49. The number of rotatable bonds is 5. The van der Waals surface area contributed by atoms with Gasteiger partial charge in [0.2, 0.25) is 5.91 Å². The average molecular weight is 321 g/mol. The molecule has 1 heterocycles. The van der Waals surface area contributed by atoms with E-state index in [9.17, 15) is 9.59 Å². The van der Waals surface area contributed by atoms with Crippen LogP contribution in [0.4, 0.5) is 0 Å². The quantitative estimate of drug-likeness (QED) is 0.906. The lowest BCUT2D eigenvalue weighted by molar-refractivity contribution is -0.140. The normalized spacial score (nSPS) is 18.3. The Labute approximate surface area is 135 Å². The largest absolute Gasteiger partial charge is 0.481 e. The summed E-state index contributed by atoms with van der Waals surface area (Å²) < 4.78 is 0. The number of thioether (sulfide) groups is 1. The van der Waals surface area contributed by atoms with Crippen molar-refractivity contribution in [2.75, 3.05) is 18.1 Å². The van der Waals surface area contributed by atoms with Crippen molar-refractivity contribution in [3.05, 3.63) is 34.9 Å². The number of nitrogens with zero attached hydrogens (tertiary/aromatic N) is 1. The van der Waals surface area contributed by atoms with Crippen LogP contribution in [0.5, 0.6) is 0 Å². The van der Waals surface area contributed by atoms with E-state index >= 15 is 0 Å². The second kappa shape index (κ2) is 7.68. The van der Waals surface area contributed by atoms with Gasteiger partial charge in [0.15, 0.2) is 0 Å². The van der Waals surface area contributed by atoms with Crippen LogP contribution in [0.25, 0.3) is 0 Å². The Kier molecular flexibility index (Phi) is 5.89. The molecule has 0 saturated carbocycles. The highest BCUT2D eigenvalue weighted by molar-refractivity contribution is 7.99. The molecule has 1 aliphatic heterocycles. The van der Waals surface area contributed by atoms with Gasteiger partial charge in [-0.1, -0.05) is 29.3 Å². The number of aryl methyl sites for hydroxylation is 3. The van der Waals surface area contributed by atoms with Crippen molar-refractivity contribution < 1.29 is 14.7 Å². The van der Waals surface area contributed by atoms with E-state index in [1.807, 2.05) is 0 Å². The minimum atomic E-state index is -0.834. The van der Waals surface area contributed by atoms with E-state index in [1.165, 1.54) is 16.7 Å². The van der Waals surface area contributed by atoms with Crippen molar-refractivity contribution in [3.63, 3.8) is 0 Å². The van der Waals surface area contributed by atoms with Crippen LogP contribution in [0.2, 0.25) is 0 Å². The van der Waals surface area contributed by atoms with Crippen molar-refractivity contribution in [2.24, 2.45) is 0 Å². The molecule has 1 aromatic carbocycles. The first-order valence-corrected chi connectivity index (χ1v) is 8.77. The van der Waals surface area contributed by atoms with Crippen molar-refractivity contribution in [2.45, 2.75) is 39.2 Å². The van der Waals surface area contributed by atoms with Gasteiger partial charge in [0, 0.05) is 24.5 Å². The molecule has 1 saturated heterocycles. The number of amides is 1. The third-order valence-corrected chi connectivity index (χ3v) is 4.96. The summed E-state index contributed by atoms with van der Waals surface area (Å²) in [6.45, 7) is 4.78. The number of carboxylic acids is 1. The molecule has 1 aliphatic rings. The lowest BCUT2D eigenvalue weighted by atomic mass is 10.0. The molecule has 4 nitrogen and oxygen atoms in total. The zero-order valence-corrected chi connectivity index (χ0v) is 14.0. The molecule has 1 aromatic rings. The number of hydrogen-bond acceptors (Lipinski definition) is 3. The molecule has 0 aromatic heterocycles. The van der Waals surface area contributed by atoms with Crippen LogP contribution in [-0.2, 0) is 16.0 Å². The van der Waals surface area contributed by atoms with Crippen LogP contribution in [0.1, 0.15) is 29.5 Å². The van der Waals surface area contributed by atoms with Gasteiger partial charge in [-0.2, -0.15) is 11.8 Å². The Morgan fingerprint density at radius 2 is 1.95 bits per heavy atom. The molecule has 1 fully saturated rings. The predicted molar refractivity (Wildman–Crippen MR) is 89.3 cm³/mol. The maximum atomic E-state index is 12.5. The molecule has 1 N–H and O–H groups in total. The first-order chi connectivity index (χ1) is 10.5. The molecule has 0 bridgehead atoms. The van der Waals surface area contributed by atoms with Gasteiger partial charge in [-0.05, 0) is 25.8 Å². The fraction of sp³-hybridized carbons (Fsp3) is 0.529. The van der Waals surface area contributed by atoms with E-state index in [0.717, 1.165) is 11.5 Å². The van der Waals surface area contributed by atoms with Crippen molar-refractivity contribution in [3.8, 4) is 0 Å². The average Bonchev–Trinajstić information content (AvgIpc) is 2.44. The summed E-state index contributed by atoms with van der Waals surface area (Å²) in [6, 6.07) is 6.18. The zero-order valence-electron chi connectivity index (χ0n) is 13.2. The second-order valence-corrected chi connectivity index (χ2v) is 7.06. The van der Waals surface area contributed by atoms with Crippen LogP contribution in [0.15, 0.2) is 18.2 Å². The van der Waals surface area contributed by atoms with Gasteiger partial charge < -0.3 is 10.0 Å². The minimum Gasteiger partial charge on any atom is -0.481 e. The van der Waals surface area contributed by atoms with Crippen LogP contribution < -0.4 is 0 Å². The van der Waals surface area contributed by atoms with Gasteiger partial charge >= 0.3 is 5.97 Å². The molecule has 5 heteroatoms. The first kappa shape index (κ1) is 16.9. The standard InChI is InChI=1S/C17H23NO3S/c1-12-7-13(2)9-14(8-12)3-4-16(19)18-5-6-22-11-15(18)10-17(20)21/h7-9,15H,3-6,10-11H2,1-2H3,(H,20,21). The Morgan fingerprint density at radius 1 is 1.27 bits per heavy atom. The SMILES string of the molecule is Cc1cc(C)cc(CCC(=O)N2CCSCC2CC(=O)O)c1. The van der Waals surface area contributed by atoms with E-state index in [2.05, 4.69) is 32.0 Å². The van der Waals surface area contributed by atoms with Crippen molar-refractivity contribution >= 4 is 23.6 Å². The van der Waals surface area contributed by atoms with E-state index in [0.29, 0.717) is 19.4 Å². The zero-order chi connectivity index (χ0) is 16.1. The summed E-state index contributed by atoms with van der Waals surface area (Å²) in [5, 5.41) is 8.99. The van der Waals surface area contributed by atoms with Crippen LogP contribution >= 0.6 is 11.8 Å². The molecule has 0 spiro atoms. The van der Waals surface area contributed by atoms with E-state index in [1.54, 1.807) is 16.7 Å². The smallest absolute Gasteiger partial charge is 0.305 e. The number of carbonyl (C=O) groups excluding carboxylic acids is 1. The molecule has 120 valence electrons. The maximum Gasteiger partial charge on any atom is 0.305 e. The fourth-order valence-corrected chi connectivity index (χ4v) is 4.02. The number of benzene rings is 1. The molecule has 1 amide bonds. The van der Waals surface area contributed by atoms with E-state index in [4.69, 9.17) is 5.11 Å². The highest BCUT2D eigenvalue weighted by Gasteiger charge is 2.28.